The van der Waals surface area contributed by atoms with Crippen LogP contribution in [0.1, 0.15) is 40.7 Å². The number of anilines is 3. The summed E-state index contributed by atoms with van der Waals surface area (Å²) in [7, 11) is 0. The lowest BCUT2D eigenvalue weighted by atomic mass is 10.1. The second kappa shape index (κ2) is 7.98. The van der Waals surface area contributed by atoms with E-state index in [2.05, 4.69) is 15.6 Å². The summed E-state index contributed by atoms with van der Waals surface area (Å²) in [5.74, 6) is 0.804. The number of benzene rings is 1. The van der Waals surface area contributed by atoms with Crippen LogP contribution in [-0.4, -0.2) is 24.1 Å². The van der Waals surface area contributed by atoms with E-state index in [1.807, 2.05) is 31.2 Å². The minimum absolute atomic E-state index is 0.113. The van der Waals surface area contributed by atoms with Crippen LogP contribution in [-0.2, 0) is 11.3 Å². The van der Waals surface area contributed by atoms with Gasteiger partial charge in [-0.2, -0.15) is 0 Å². The van der Waals surface area contributed by atoms with Crippen LogP contribution in [0.3, 0.4) is 0 Å². The number of nitrogens with one attached hydrogen (secondary N) is 2. The molecule has 2 aromatic rings. The molecule has 0 saturated carbocycles. The molecule has 4 rings (SSSR count). The van der Waals surface area contributed by atoms with Crippen LogP contribution in [0.5, 0.6) is 0 Å². The third-order valence-electron chi connectivity index (χ3n) is 4.15. The monoisotopic (exact) mass is 340 g/mol. The Hall–Kier alpha value is -2.60. The summed E-state index contributed by atoms with van der Waals surface area (Å²) in [6, 6.07) is 9.61. The highest BCUT2D eigenvalue weighted by atomic mass is 16.5. The number of nitrogen functional groups attached to an aromatic ring is 1. The van der Waals surface area contributed by atoms with Crippen molar-refractivity contribution >= 4 is 23.2 Å². The molecule has 25 heavy (non-hydrogen) atoms. The van der Waals surface area contributed by atoms with Gasteiger partial charge in [0.15, 0.2) is 0 Å². The van der Waals surface area contributed by atoms with Gasteiger partial charge in [-0.25, -0.2) is 4.98 Å². The van der Waals surface area contributed by atoms with Gasteiger partial charge in [-0.3, -0.25) is 4.79 Å². The molecule has 6 heteroatoms. The van der Waals surface area contributed by atoms with Crippen LogP contribution in [0.15, 0.2) is 30.3 Å². The quantitative estimate of drug-likeness (QED) is 0.781. The van der Waals surface area contributed by atoms with E-state index in [0.717, 1.165) is 30.0 Å². The largest absolute Gasteiger partial charge is 0.384 e. The summed E-state index contributed by atoms with van der Waals surface area (Å²) in [6.45, 7) is 4.51. The molecular formula is C19H24N4O2. The Morgan fingerprint density at radius 3 is 2.64 bits per heavy atom. The summed E-state index contributed by atoms with van der Waals surface area (Å²) < 4.78 is 5.07. The molecule has 2 aliphatic heterocycles. The SMILES string of the molecule is C1CCOCC1.Cc1cccc(Nc2nc(N)cc3c2C(=O)NC3)c1. The second-order valence-corrected chi connectivity index (χ2v) is 6.28. The number of rotatable bonds is 2. The van der Waals surface area contributed by atoms with Crippen molar-refractivity contribution in [3.8, 4) is 0 Å². The fourth-order valence-electron chi connectivity index (χ4n) is 2.91. The maximum absolute atomic E-state index is 11.8. The first kappa shape index (κ1) is 17.2. The van der Waals surface area contributed by atoms with Gasteiger partial charge in [0.25, 0.3) is 5.91 Å². The number of aryl methyl sites for hydroxylation is 1. The molecule has 1 fully saturated rings. The number of nitrogens with zero attached hydrogens (tertiary/aromatic N) is 1. The maximum Gasteiger partial charge on any atom is 0.255 e. The van der Waals surface area contributed by atoms with Crippen LogP contribution in [0.2, 0.25) is 0 Å². The number of carbonyl (C=O) groups excluding carboxylic acids is 1. The average molecular weight is 340 g/mol. The molecule has 4 N–H and O–H groups in total. The van der Waals surface area contributed by atoms with E-state index in [4.69, 9.17) is 10.5 Å². The Kier molecular flexibility index (Phi) is 5.50. The van der Waals surface area contributed by atoms with Crippen molar-refractivity contribution < 1.29 is 9.53 Å². The molecule has 0 bridgehead atoms. The highest BCUT2D eigenvalue weighted by Gasteiger charge is 2.24. The number of hydrogen-bond donors (Lipinski definition) is 3. The Labute approximate surface area is 147 Å². The van der Waals surface area contributed by atoms with Crippen molar-refractivity contribution in [3.63, 3.8) is 0 Å². The van der Waals surface area contributed by atoms with Crippen molar-refractivity contribution in [2.24, 2.45) is 0 Å². The van der Waals surface area contributed by atoms with Crippen LogP contribution >= 0.6 is 0 Å². The summed E-state index contributed by atoms with van der Waals surface area (Å²) >= 11 is 0. The number of nitrogens with two attached hydrogens (primary N) is 1. The Morgan fingerprint density at radius 2 is 2.00 bits per heavy atom. The standard InChI is InChI=1S/C14H14N4O.C5H10O/c1-8-3-2-4-10(5-8)17-13-12-9(6-11(15)18-13)7-16-14(12)19;1-2-4-6-5-3-1/h2-6H,7H2,1H3,(H,16,19)(H3,15,17,18);1-5H2. The zero-order valence-corrected chi connectivity index (χ0v) is 14.5. The molecule has 0 aliphatic carbocycles. The highest BCUT2D eigenvalue weighted by molar-refractivity contribution is 6.03. The minimum atomic E-state index is -0.113. The van der Waals surface area contributed by atoms with Gasteiger partial charge < -0.3 is 21.1 Å². The fourth-order valence-corrected chi connectivity index (χ4v) is 2.91. The molecule has 1 saturated heterocycles. The predicted molar refractivity (Wildman–Crippen MR) is 99.0 cm³/mol. The smallest absolute Gasteiger partial charge is 0.255 e. The number of hydrogen-bond acceptors (Lipinski definition) is 5. The molecule has 0 atom stereocenters. The van der Waals surface area contributed by atoms with Crippen molar-refractivity contribution in [2.75, 3.05) is 24.3 Å². The predicted octanol–water partition coefficient (Wildman–Crippen LogP) is 3.15. The van der Waals surface area contributed by atoms with Crippen LogP contribution in [0.4, 0.5) is 17.3 Å². The third kappa shape index (κ3) is 4.48. The number of pyridine rings is 1. The topological polar surface area (TPSA) is 89.3 Å². The van der Waals surface area contributed by atoms with Crippen LogP contribution in [0.25, 0.3) is 0 Å². The van der Waals surface area contributed by atoms with E-state index in [-0.39, 0.29) is 5.91 Å². The number of ether oxygens (including phenoxy) is 1. The van der Waals surface area contributed by atoms with Gasteiger partial charge in [0, 0.05) is 25.4 Å². The molecule has 3 heterocycles. The lowest BCUT2D eigenvalue weighted by Crippen LogP contribution is -2.14. The van der Waals surface area contributed by atoms with Crippen LogP contribution in [0, 0.1) is 6.92 Å². The minimum Gasteiger partial charge on any atom is -0.384 e. The summed E-state index contributed by atoms with van der Waals surface area (Å²) in [6.07, 6.45) is 3.93. The molecule has 2 aliphatic rings. The van der Waals surface area contributed by atoms with E-state index in [1.54, 1.807) is 6.07 Å². The van der Waals surface area contributed by atoms with Gasteiger partial charge in [0.1, 0.15) is 11.6 Å². The molecule has 1 amide bonds. The van der Waals surface area contributed by atoms with E-state index in [9.17, 15) is 4.79 Å². The first-order valence-corrected chi connectivity index (χ1v) is 8.62. The molecule has 0 radical (unpaired) electrons. The average Bonchev–Trinajstić information content (AvgIpc) is 2.98. The Balaban J connectivity index is 0.000000258. The zero-order valence-electron chi connectivity index (χ0n) is 14.5. The Morgan fingerprint density at radius 1 is 1.20 bits per heavy atom. The Bertz CT molecular complexity index is 746. The summed E-state index contributed by atoms with van der Waals surface area (Å²) in [5, 5.41) is 5.94. The number of aromatic nitrogens is 1. The van der Waals surface area contributed by atoms with Crippen LogP contribution < -0.4 is 16.4 Å². The fraction of sp³-hybridized carbons (Fsp3) is 0.368. The van der Waals surface area contributed by atoms with Crippen molar-refractivity contribution in [1.29, 1.82) is 0 Å². The molecule has 132 valence electrons. The number of carbonyl (C=O) groups is 1. The molecule has 0 unspecified atom stereocenters. The van der Waals surface area contributed by atoms with E-state index in [0.29, 0.717) is 23.7 Å². The van der Waals surface area contributed by atoms with Crippen molar-refractivity contribution in [3.05, 3.63) is 47.0 Å². The van der Waals surface area contributed by atoms with Gasteiger partial charge in [0.05, 0.1) is 5.56 Å². The van der Waals surface area contributed by atoms with Gasteiger partial charge in [-0.1, -0.05) is 12.1 Å². The van der Waals surface area contributed by atoms with Gasteiger partial charge in [-0.05, 0) is 55.5 Å². The first-order chi connectivity index (χ1) is 12.1. The molecular weight excluding hydrogens is 316 g/mol. The van der Waals surface area contributed by atoms with E-state index < -0.39 is 0 Å². The van der Waals surface area contributed by atoms with Gasteiger partial charge >= 0.3 is 0 Å². The lowest BCUT2D eigenvalue weighted by molar-refractivity contribution is 0.0964. The van der Waals surface area contributed by atoms with E-state index >= 15 is 0 Å². The second-order valence-electron chi connectivity index (χ2n) is 6.28. The zero-order chi connectivity index (χ0) is 17.6. The highest BCUT2D eigenvalue weighted by Crippen LogP contribution is 2.27. The molecule has 1 aromatic carbocycles. The summed E-state index contributed by atoms with van der Waals surface area (Å²) in [4.78, 5) is 16.0. The lowest BCUT2D eigenvalue weighted by Gasteiger charge is -2.10. The number of amides is 1. The molecule has 0 spiro atoms. The first-order valence-electron chi connectivity index (χ1n) is 8.62. The molecule has 1 aromatic heterocycles. The maximum atomic E-state index is 11.8. The van der Waals surface area contributed by atoms with E-state index in [1.165, 1.54) is 19.3 Å². The summed E-state index contributed by atoms with van der Waals surface area (Å²) in [5.41, 5.74) is 9.26. The third-order valence-corrected chi connectivity index (χ3v) is 4.15. The van der Waals surface area contributed by atoms with Gasteiger partial charge in [-0.15, -0.1) is 0 Å². The van der Waals surface area contributed by atoms with Crippen molar-refractivity contribution in [1.82, 2.24) is 10.3 Å². The normalized spacial score (nSPS) is 15.6. The van der Waals surface area contributed by atoms with Crippen molar-refractivity contribution in [2.45, 2.75) is 32.7 Å². The van der Waals surface area contributed by atoms with Gasteiger partial charge in [0.2, 0.25) is 0 Å². The molecule has 6 nitrogen and oxygen atoms in total. The number of fused-ring (bicyclic) bond motifs is 1.